The molecule has 0 saturated carbocycles. The van der Waals surface area contributed by atoms with E-state index in [1.165, 1.54) is 13.0 Å². The van der Waals surface area contributed by atoms with Crippen LogP contribution in [-0.2, 0) is 26.1 Å². The molecule has 1 N–H and O–H groups in total. The average Bonchev–Trinajstić information content (AvgIpc) is 2.76. The predicted molar refractivity (Wildman–Crippen MR) is 120 cm³/mol. The van der Waals surface area contributed by atoms with Crippen molar-refractivity contribution in [1.82, 2.24) is 5.32 Å². The Morgan fingerprint density at radius 2 is 1.77 bits per heavy atom. The maximum atomic E-state index is 12.5. The molecule has 1 aliphatic rings. The molecule has 8 nitrogen and oxygen atoms in total. The van der Waals surface area contributed by atoms with Crippen LogP contribution >= 0.6 is 0 Å². The van der Waals surface area contributed by atoms with Gasteiger partial charge in [0, 0.05) is 30.9 Å². The molecule has 3 rings (SSSR count). The molecule has 166 valence electrons. The van der Waals surface area contributed by atoms with E-state index in [1.54, 1.807) is 18.2 Å². The lowest BCUT2D eigenvalue weighted by atomic mass is 10.1. The molecule has 0 radical (unpaired) electrons. The molecule has 1 fully saturated rings. The number of benzene rings is 2. The summed E-state index contributed by atoms with van der Waals surface area (Å²) in [4.78, 5) is 26.3. The second-order valence-corrected chi connectivity index (χ2v) is 9.33. The Hall–Kier alpha value is -2.91. The molecule has 1 saturated heterocycles. The van der Waals surface area contributed by atoms with Crippen molar-refractivity contribution in [2.45, 2.75) is 13.5 Å². The van der Waals surface area contributed by atoms with Crippen molar-refractivity contribution in [2.75, 3.05) is 48.3 Å². The van der Waals surface area contributed by atoms with Crippen LogP contribution in [0.1, 0.15) is 22.8 Å². The SMILES string of the molecule is CC(=O)c1cccc(N(CC(=O)NCc2ccc(N3CCOCC3)cc2)S(C)(=O)=O)c1. The molecule has 9 heteroatoms. The number of carbonyl (C=O) groups is 2. The highest BCUT2D eigenvalue weighted by Gasteiger charge is 2.21. The maximum Gasteiger partial charge on any atom is 0.241 e. The van der Waals surface area contributed by atoms with Crippen molar-refractivity contribution >= 4 is 33.1 Å². The average molecular weight is 446 g/mol. The van der Waals surface area contributed by atoms with Gasteiger partial charge >= 0.3 is 0 Å². The summed E-state index contributed by atoms with van der Waals surface area (Å²) in [5.41, 5.74) is 2.67. The smallest absolute Gasteiger partial charge is 0.241 e. The zero-order valence-corrected chi connectivity index (χ0v) is 18.5. The van der Waals surface area contributed by atoms with Gasteiger partial charge in [-0.15, -0.1) is 0 Å². The molecule has 0 spiro atoms. The number of hydrogen-bond donors (Lipinski definition) is 1. The van der Waals surface area contributed by atoms with Crippen LogP contribution in [0.5, 0.6) is 0 Å². The highest BCUT2D eigenvalue weighted by molar-refractivity contribution is 7.92. The Morgan fingerprint density at radius 3 is 2.39 bits per heavy atom. The Morgan fingerprint density at radius 1 is 1.10 bits per heavy atom. The van der Waals surface area contributed by atoms with Gasteiger partial charge in [-0.05, 0) is 36.8 Å². The van der Waals surface area contributed by atoms with Crippen LogP contribution in [-0.4, -0.2) is 59.2 Å². The van der Waals surface area contributed by atoms with Crippen LogP contribution < -0.4 is 14.5 Å². The number of sulfonamides is 1. The van der Waals surface area contributed by atoms with E-state index in [0.717, 1.165) is 34.9 Å². The number of morpholine rings is 1. The van der Waals surface area contributed by atoms with Crippen molar-refractivity contribution in [3.8, 4) is 0 Å². The number of amides is 1. The summed E-state index contributed by atoms with van der Waals surface area (Å²) in [7, 11) is -3.71. The number of anilines is 2. The minimum Gasteiger partial charge on any atom is -0.378 e. The Bertz CT molecular complexity index is 1030. The molecule has 1 heterocycles. The van der Waals surface area contributed by atoms with Crippen LogP contribution in [0, 0.1) is 0 Å². The number of carbonyl (C=O) groups excluding carboxylic acids is 2. The maximum absolute atomic E-state index is 12.5. The molecule has 31 heavy (non-hydrogen) atoms. The van der Waals surface area contributed by atoms with Crippen molar-refractivity contribution in [1.29, 1.82) is 0 Å². The molecular formula is C22H27N3O5S. The minimum atomic E-state index is -3.71. The van der Waals surface area contributed by atoms with E-state index in [-0.39, 0.29) is 24.6 Å². The molecule has 1 aliphatic heterocycles. The first-order chi connectivity index (χ1) is 14.7. The molecule has 0 atom stereocenters. The number of nitrogens with one attached hydrogen (secondary N) is 1. The van der Waals surface area contributed by atoms with Crippen LogP contribution in [0.2, 0.25) is 0 Å². The highest BCUT2D eigenvalue weighted by atomic mass is 32.2. The molecule has 1 amide bonds. The second kappa shape index (κ2) is 9.93. The Balaban J connectivity index is 1.62. The number of Topliss-reactive ketones (excluding diaryl/α,β-unsaturated/α-hetero) is 1. The number of rotatable bonds is 8. The largest absolute Gasteiger partial charge is 0.378 e. The van der Waals surface area contributed by atoms with E-state index < -0.39 is 15.9 Å². The van der Waals surface area contributed by atoms with Gasteiger partial charge in [0.15, 0.2) is 5.78 Å². The molecule has 0 aromatic heterocycles. The summed E-state index contributed by atoms with van der Waals surface area (Å²) in [6, 6.07) is 14.1. The summed E-state index contributed by atoms with van der Waals surface area (Å²) in [5.74, 6) is -0.615. The minimum absolute atomic E-state index is 0.180. The van der Waals surface area contributed by atoms with Crippen LogP contribution in [0.25, 0.3) is 0 Å². The number of hydrogen-bond acceptors (Lipinski definition) is 6. The molecule has 0 aliphatic carbocycles. The summed E-state index contributed by atoms with van der Waals surface area (Å²) in [6.45, 7) is 4.44. The van der Waals surface area contributed by atoms with Gasteiger partial charge in [0.05, 0.1) is 25.2 Å². The number of ether oxygens (including phenoxy) is 1. The third-order valence-corrected chi connectivity index (χ3v) is 6.17. The second-order valence-electron chi connectivity index (χ2n) is 7.42. The quantitative estimate of drug-likeness (QED) is 0.623. The van der Waals surface area contributed by atoms with E-state index in [0.29, 0.717) is 18.8 Å². The van der Waals surface area contributed by atoms with Gasteiger partial charge in [0.25, 0.3) is 0 Å². The highest BCUT2D eigenvalue weighted by Crippen LogP contribution is 2.20. The summed E-state index contributed by atoms with van der Waals surface area (Å²) < 4.78 is 30.9. The first-order valence-electron chi connectivity index (χ1n) is 10.0. The van der Waals surface area contributed by atoms with Crippen LogP contribution in [0.4, 0.5) is 11.4 Å². The van der Waals surface area contributed by atoms with Crippen LogP contribution in [0.15, 0.2) is 48.5 Å². The fraction of sp³-hybridized carbons (Fsp3) is 0.364. The Kier molecular flexibility index (Phi) is 7.29. The first-order valence-corrected chi connectivity index (χ1v) is 11.9. The van der Waals surface area contributed by atoms with Crippen molar-refractivity contribution in [3.05, 3.63) is 59.7 Å². The normalized spacial score (nSPS) is 14.2. The molecule has 2 aromatic rings. The van der Waals surface area contributed by atoms with Gasteiger partial charge < -0.3 is 15.0 Å². The van der Waals surface area contributed by atoms with Gasteiger partial charge in [-0.25, -0.2) is 8.42 Å². The fourth-order valence-corrected chi connectivity index (χ4v) is 4.16. The predicted octanol–water partition coefficient (Wildman–Crippen LogP) is 1.81. The first kappa shape index (κ1) is 22.8. The van der Waals surface area contributed by atoms with E-state index in [9.17, 15) is 18.0 Å². The van der Waals surface area contributed by atoms with E-state index in [4.69, 9.17) is 4.74 Å². The van der Waals surface area contributed by atoms with E-state index >= 15 is 0 Å². The zero-order chi connectivity index (χ0) is 22.4. The third-order valence-electron chi connectivity index (χ3n) is 5.03. The van der Waals surface area contributed by atoms with Crippen LogP contribution in [0.3, 0.4) is 0 Å². The molecule has 0 unspecified atom stereocenters. The van der Waals surface area contributed by atoms with Gasteiger partial charge in [0.1, 0.15) is 6.54 Å². The standard InChI is InChI=1S/C22H27N3O5S/c1-17(26)19-4-3-5-21(14-19)25(31(2,28)29)16-22(27)23-15-18-6-8-20(9-7-18)24-10-12-30-13-11-24/h3-9,14H,10-13,15-16H2,1-2H3,(H,23,27). The lowest BCUT2D eigenvalue weighted by Gasteiger charge is -2.29. The third kappa shape index (κ3) is 6.28. The number of ketones is 1. The van der Waals surface area contributed by atoms with E-state index in [1.807, 2.05) is 24.3 Å². The lowest BCUT2D eigenvalue weighted by molar-refractivity contribution is -0.119. The fourth-order valence-electron chi connectivity index (χ4n) is 3.31. The monoisotopic (exact) mass is 445 g/mol. The summed E-state index contributed by atoms with van der Waals surface area (Å²) in [5, 5.41) is 2.76. The summed E-state index contributed by atoms with van der Waals surface area (Å²) >= 11 is 0. The van der Waals surface area contributed by atoms with Crippen molar-refractivity contribution < 1.29 is 22.7 Å². The van der Waals surface area contributed by atoms with Gasteiger partial charge in [0.2, 0.25) is 15.9 Å². The summed E-state index contributed by atoms with van der Waals surface area (Å²) in [6.07, 6.45) is 1.03. The lowest BCUT2D eigenvalue weighted by Crippen LogP contribution is -2.40. The topological polar surface area (TPSA) is 96.0 Å². The van der Waals surface area contributed by atoms with Gasteiger partial charge in [-0.1, -0.05) is 24.3 Å². The van der Waals surface area contributed by atoms with Crippen molar-refractivity contribution in [2.24, 2.45) is 0 Å². The Labute approximate surface area is 182 Å². The van der Waals surface area contributed by atoms with E-state index in [2.05, 4.69) is 10.2 Å². The number of nitrogens with zero attached hydrogens (tertiary/aromatic N) is 2. The zero-order valence-electron chi connectivity index (χ0n) is 17.7. The van der Waals surface area contributed by atoms with Gasteiger partial charge in [-0.3, -0.25) is 13.9 Å². The molecule has 0 bridgehead atoms. The molecule has 2 aromatic carbocycles. The van der Waals surface area contributed by atoms with Crippen molar-refractivity contribution in [3.63, 3.8) is 0 Å². The van der Waals surface area contributed by atoms with Gasteiger partial charge in [-0.2, -0.15) is 0 Å². The molecular weight excluding hydrogens is 418 g/mol.